The minimum absolute atomic E-state index is 0.0255. The maximum absolute atomic E-state index is 13.5. The summed E-state index contributed by atoms with van der Waals surface area (Å²) in [6, 6.07) is 8.67. The molecule has 0 spiro atoms. The molecule has 1 saturated carbocycles. The standard InChI is InChI=1S/C34H40ClN3O5/c1-32(2,3)43-28(39)21-41-18-12-10-9-11-13-22-14-16-24-27(37-22)20-38(29(24)40)30-33(4,5)31(34(30,6)7)42-23-15-17-26(36-8)25(35)19-23/h14-17,19,30-31H,9-10,12,18,20-21H2,1-7H3. The van der Waals surface area contributed by atoms with E-state index in [1.54, 1.807) is 24.3 Å². The molecule has 2 aromatic rings. The topological polar surface area (TPSA) is 82.3 Å². The summed E-state index contributed by atoms with van der Waals surface area (Å²) in [5.41, 5.74) is 1.19. The Kier molecular flexibility index (Phi) is 9.45. The largest absolute Gasteiger partial charge is 0.489 e. The lowest BCUT2D eigenvalue weighted by molar-refractivity contribution is -0.199. The number of nitrogens with zero attached hydrogens (tertiary/aromatic N) is 3. The number of rotatable bonds is 9. The highest BCUT2D eigenvalue weighted by atomic mass is 35.5. The number of carbonyl (C=O) groups excluding carboxylic acids is 2. The van der Waals surface area contributed by atoms with Crippen LogP contribution in [0.5, 0.6) is 5.75 Å². The molecule has 1 aliphatic carbocycles. The second-order valence-corrected chi connectivity index (χ2v) is 13.7. The zero-order valence-electron chi connectivity index (χ0n) is 26.0. The first kappa shape index (κ1) is 32.3. The summed E-state index contributed by atoms with van der Waals surface area (Å²) in [5, 5.41) is 0.360. The predicted octanol–water partition coefficient (Wildman–Crippen LogP) is 7.00. The maximum Gasteiger partial charge on any atom is 0.332 e. The van der Waals surface area contributed by atoms with E-state index in [1.807, 2.05) is 31.7 Å². The van der Waals surface area contributed by atoms with Gasteiger partial charge in [-0.25, -0.2) is 14.6 Å². The molecule has 1 amide bonds. The van der Waals surface area contributed by atoms with Crippen LogP contribution in [0, 0.1) is 29.2 Å². The highest BCUT2D eigenvalue weighted by Crippen LogP contribution is 2.59. The first-order chi connectivity index (χ1) is 20.1. The van der Waals surface area contributed by atoms with Gasteiger partial charge in [0, 0.05) is 29.9 Å². The number of esters is 1. The molecular formula is C34H40ClN3O5. The van der Waals surface area contributed by atoms with Crippen molar-refractivity contribution in [1.82, 2.24) is 9.88 Å². The third kappa shape index (κ3) is 7.15. The quantitative estimate of drug-likeness (QED) is 0.132. The second kappa shape index (κ2) is 12.6. The van der Waals surface area contributed by atoms with E-state index >= 15 is 0 Å². The molecule has 1 aromatic heterocycles. The van der Waals surface area contributed by atoms with E-state index in [2.05, 4.69) is 44.4 Å². The molecule has 2 heterocycles. The lowest BCUT2D eigenvalue weighted by atomic mass is 9.49. The van der Waals surface area contributed by atoms with Gasteiger partial charge in [0.15, 0.2) is 0 Å². The van der Waals surface area contributed by atoms with Gasteiger partial charge in [-0.3, -0.25) is 4.79 Å². The van der Waals surface area contributed by atoms with Gasteiger partial charge < -0.3 is 19.1 Å². The Bertz CT molecular complexity index is 1480. The predicted molar refractivity (Wildman–Crippen MR) is 165 cm³/mol. The lowest BCUT2D eigenvalue weighted by Gasteiger charge is -2.65. The molecule has 0 saturated heterocycles. The molecule has 4 rings (SSSR count). The number of carbonyl (C=O) groups is 2. The number of ether oxygens (including phenoxy) is 3. The van der Waals surface area contributed by atoms with Gasteiger partial charge in [0.2, 0.25) is 5.69 Å². The summed E-state index contributed by atoms with van der Waals surface area (Å²) in [6.07, 6.45) is 2.13. The van der Waals surface area contributed by atoms with Crippen molar-refractivity contribution in [2.75, 3.05) is 13.2 Å². The van der Waals surface area contributed by atoms with Gasteiger partial charge in [-0.15, -0.1) is 0 Å². The number of pyridine rings is 1. The lowest BCUT2D eigenvalue weighted by Crippen LogP contribution is -2.74. The van der Waals surface area contributed by atoms with E-state index in [-0.39, 0.29) is 41.5 Å². The van der Waals surface area contributed by atoms with Gasteiger partial charge in [-0.05, 0) is 63.8 Å². The van der Waals surface area contributed by atoms with Crippen LogP contribution in [0.3, 0.4) is 0 Å². The van der Waals surface area contributed by atoms with Crippen molar-refractivity contribution in [2.24, 2.45) is 10.8 Å². The molecule has 0 radical (unpaired) electrons. The van der Waals surface area contributed by atoms with E-state index in [0.717, 1.165) is 18.5 Å². The fourth-order valence-corrected chi connectivity index (χ4v) is 6.80. The van der Waals surface area contributed by atoms with Gasteiger partial charge >= 0.3 is 5.97 Å². The van der Waals surface area contributed by atoms with Crippen molar-refractivity contribution in [3.05, 3.63) is 63.7 Å². The zero-order valence-corrected chi connectivity index (χ0v) is 26.8. The van der Waals surface area contributed by atoms with Crippen LogP contribution in [0.4, 0.5) is 5.69 Å². The molecule has 9 heteroatoms. The number of fused-ring (bicyclic) bond motifs is 1. The summed E-state index contributed by atoms with van der Waals surface area (Å²) >= 11 is 6.24. The normalized spacial score (nSPS) is 19.9. The van der Waals surface area contributed by atoms with Gasteiger partial charge in [0.25, 0.3) is 5.91 Å². The summed E-state index contributed by atoms with van der Waals surface area (Å²) in [5.74, 6) is 6.50. The van der Waals surface area contributed by atoms with Crippen LogP contribution in [-0.2, 0) is 20.8 Å². The Morgan fingerprint density at radius 2 is 1.88 bits per heavy atom. The summed E-state index contributed by atoms with van der Waals surface area (Å²) in [7, 11) is 0. The first-order valence-electron chi connectivity index (χ1n) is 14.6. The summed E-state index contributed by atoms with van der Waals surface area (Å²) < 4.78 is 17.0. The molecular weight excluding hydrogens is 566 g/mol. The van der Waals surface area contributed by atoms with Crippen molar-refractivity contribution in [1.29, 1.82) is 0 Å². The summed E-state index contributed by atoms with van der Waals surface area (Å²) in [4.78, 5) is 35.3. The Hall–Kier alpha value is -3.59. The fraction of sp³-hybridized carbons (Fsp3) is 0.529. The number of benzene rings is 1. The van der Waals surface area contributed by atoms with Crippen molar-refractivity contribution in [2.45, 2.75) is 92.0 Å². The first-order valence-corrected chi connectivity index (χ1v) is 15.0. The van der Waals surface area contributed by atoms with Gasteiger partial charge in [-0.2, -0.15) is 0 Å². The van der Waals surface area contributed by atoms with Crippen LogP contribution in [-0.4, -0.2) is 52.7 Å². The summed E-state index contributed by atoms with van der Waals surface area (Å²) in [6.45, 7) is 22.0. The zero-order chi connectivity index (χ0) is 31.6. The molecule has 1 aromatic carbocycles. The fourth-order valence-electron chi connectivity index (χ4n) is 6.58. The molecule has 228 valence electrons. The molecule has 2 aliphatic rings. The third-order valence-corrected chi connectivity index (χ3v) is 8.15. The van der Waals surface area contributed by atoms with Crippen LogP contribution >= 0.6 is 11.6 Å². The monoisotopic (exact) mass is 605 g/mol. The minimum Gasteiger partial charge on any atom is -0.489 e. The molecule has 1 aliphatic heterocycles. The highest BCUT2D eigenvalue weighted by Gasteiger charge is 2.67. The van der Waals surface area contributed by atoms with Crippen molar-refractivity contribution in [3.63, 3.8) is 0 Å². The highest BCUT2D eigenvalue weighted by molar-refractivity contribution is 6.33. The average Bonchev–Trinajstić information content (AvgIpc) is 3.21. The molecule has 8 nitrogen and oxygen atoms in total. The van der Waals surface area contributed by atoms with Crippen molar-refractivity contribution >= 4 is 29.2 Å². The Labute approximate surface area is 259 Å². The van der Waals surface area contributed by atoms with Gasteiger partial charge in [0.05, 0.1) is 29.4 Å². The van der Waals surface area contributed by atoms with Crippen LogP contribution in [0.1, 0.15) is 89.5 Å². The van der Waals surface area contributed by atoms with E-state index < -0.39 is 5.60 Å². The SMILES string of the molecule is [C-]#[N+]c1ccc(OC2C(C)(C)C(N3Cc4nc(C#CCCCCOCC(=O)OC(C)(C)C)ccc4C3=O)C2(C)C)cc1Cl. The second-order valence-electron chi connectivity index (χ2n) is 13.3. The number of hydrogen-bond donors (Lipinski definition) is 0. The minimum atomic E-state index is -0.514. The van der Waals surface area contributed by atoms with Gasteiger partial charge in [0.1, 0.15) is 29.8 Å². The number of halogens is 1. The Morgan fingerprint density at radius 3 is 2.53 bits per heavy atom. The molecule has 1 fully saturated rings. The van der Waals surface area contributed by atoms with Crippen LogP contribution in [0.25, 0.3) is 4.85 Å². The Balaban J connectivity index is 1.31. The number of hydrogen-bond acceptors (Lipinski definition) is 6. The molecule has 0 atom stereocenters. The molecule has 43 heavy (non-hydrogen) atoms. The number of unbranched alkanes of at least 4 members (excludes halogenated alkanes) is 2. The van der Waals surface area contributed by atoms with Crippen LogP contribution < -0.4 is 4.74 Å². The number of aromatic nitrogens is 1. The third-order valence-electron chi connectivity index (χ3n) is 7.85. The Morgan fingerprint density at radius 1 is 1.16 bits per heavy atom. The van der Waals surface area contributed by atoms with Crippen LogP contribution in [0.15, 0.2) is 30.3 Å². The van der Waals surface area contributed by atoms with E-state index in [4.69, 9.17) is 37.4 Å². The molecule has 0 unspecified atom stereocenters. The van der Waals surface area contributed by atoms with E-state index in [9.17, 15) is 9.59 Å². The van der Waals surface area contributed by atoms with Crippen LogP contribution in [0.2, 0.25) is 5.02 Å². The van der Waals surface area contributed by atoms with E-state index in [1.165, 1.54) is 0 Å². The smallest absolute Gasteiger partial charge is 0.332 e. The molecule has 0 N–H and O–H groups in total. The van der Waals surface area contributed by atoms with Crippen molar-refractivity contribution in [3.8, 4) is 17.6 Å². The average molecular weight is 606 g/mol. The van der Waals surface area contributed by atoms with Gasteiger partial charge in [-0.1, -0.05) is 51.3 Å². The molecule has 0 bridgehead atoms. The maximum atomic E-state index is 13.5. The van der Waals surface area contributed by atoms with E-state index in [0.29, 0.717) is 47.3 Å². The van der Waals surface area contributed by atoms with Crippen molar-refractivity contribution < 1.29 is 23.8 Å². The number of amides is 1.